The fourth-order valence-electron chi connectivity index (χ4n) is 2.26. The van der Waals surface area contributed by atoms with Crippen LogP contribution in [-0.4, -0.2) is 41.1 Å². The van der Waals surface area contributed by atoms with Gasteiger partial charge in [-0.3, -0.25) is 4.99 Å². The van der Waals surface area contributed by atoms with Crippen LogP contribution in [0.5, 0.6) is 11.5 Å². The minimum atomic E-state index is 0.741. The van der Waals surface area contributed by atoms with Crippen LogP contribution in [0.25, 0.3) is 0 Å². The lowest BCUT2D eigenvalue weighted by Crippen LogP contribution is -2.08. The number of rotatable bonds is 7. The van der Waals surface area contributed by atoms with Crippen LogP contribution in [-0.2, 0) is 6.42 Å². The Hall–Kier alpha value is -2.49. The standard InChI is InChI=1S/C19H24N2O2/c1-21(2)17-8-5-16(6-9-17)14-20-12-11-15-7-10-18(22-3)19(13-15)23-4/h5-10,13-14H,11-12H2,1-4H3. The average Bonchev–Trinajstić information content (AvgIpc) is 2.58. The largest absolute Gasteiger partial charge is 0.493 e. The Bertz CT molecular complexity index is 649. The maximum absolute atomic E-state index is 5.32. The van der Waals surface area contributed by atoms with Crippen molar-refractivity contribution in [2.75, 3.05) is 39.8 Å². The van der Waals surface area contributed by atoms with Gasteiger partial charge in [0.05, 0.1) is 14.2 Å². The van der Waals surface area contributed by atoms with Crippen molar-refractivity contribution in [3.8, 4) is 11.5 Å². The van der Waals surface area contributed by atoms with E-state index in [4.69, 9.17) is 9.47 Å². The Morgan fingerprint density at radius 3 is 2.26 bits per heavy atom. The second-order valence-corrected chi connectivity index (χ2v) is 5.46. The van der Waals surface area contributed by atoms with Gasteiger partial charge in [-0.25, -0.2) is 0 Å². The number of hydrogen-bond donors (Lipinski definition) is 0. The fourth-order valence-corrected chi connectivity index (χ4v) is 2.26. The predicted octanol–water partition coefficient (Wildman–Crippen LogP) is 3.43. The number of anilines is 1. The molecule has 2 aromatic carbocycles. The van der Waals surface area contributed by atoms with Crippen LogP contribution in [0.3, 0.4) is 0 Å². The number of hydrogen-bond acceptors (Lipinski definition) is 4. The molecule has 4 heteroatoms. The van der Waals surface area contributed by atoms with Crippen molar-refractivity contribution >= 4 is 11.9 Å². The van der Waals surface area contributed by atoms with E-state index in [9.17, 15) is 0 Å². The first kappa shape index (κ1) is 16.9. The Morgan fingerprint density at radius 1 is 0.957 bits per heavy atom. The molecule has 2 rings (SSSR count). The predicted molar refractivity (Wildman–Crippen MR) is 96.5 cm³/mol. The molecule has 4 nitrogen and oxygen atoms in total. The second kappa shape index (κ2) is 8.22. The van der Waals surface area contributed by atoms with Gasteiger partial charge in [-0.15, -0.1) is 0 Å². The Balaban J connectivity index is 1.91. The van der Waals surface area contributed by atoms with E-state index in [1.165, 1.54) is 11.3 Å². The summed E-state index contributed by atoms with van der Waals surface area (Å²) in [5, 5.41) is 0. The monoisotopic (exact) mass is 312 g/mol. The van der Waals surface area contributed by atoms with Gasteiger partial charge in [0.1, 0.15) is 0 Å². The molecule has 0 radical (unpaired) electrons. The molecule has 0 aliphatic rings. The molecule has 0 saturated heterocycles. The third-order valence-electron chi connectivity index (χ3n) is 3.63. The molecule has 23 heavy (non-hydrogen) atoms. The molecule has 122 valence electrons. The van der Waals surface area contributed by atoms with Crippen LogP contribution in [0, 0.1) is 0 Å². The molecule has 0 amide bonds. The zero-order chi connectivity index (χ0) is 16.7. The third-order valence-corrected chi connectivity index (χ3v) is 3.63. The van der Waals surface area contributed by atoms with Crippen LogP contribution in [0.15, 0.2) is 47.5 Å². The van der Waals surface area contributed by atoms with Gasteiger partial charge >= 0.3 is 0 Å². The number of nitrogens with zero attached hydrogens (tertiary/aromatic N) is 2. The average molecular weight is 312 g/mol. The van der Waals surface area contributed by atoms with Gasteiger partial charge in [-0.05, 0) is 41.8 Å². The SMILES string of the molecule is COc1ccc(CCN=Cc2ccc(N(C)C)cc2)cc1OC. The van der Waals surface area contributed by atoms with Gasteiger partial charge in [0.25, 0.3) is 0 Å². The highest BCUT2D eigenvalue weighted by molar-refractivity contribution is 5.80. The molecule has 2 aromatic rings. The van der Waals surface area contributed by atoms with Gasteiger partial charge < -0.3 is 14.4 Å². The van der Waals surface area contributed by atoms with Crippen molar-refractivity contribution in [2.45, 2.75) is 6.42 Å². The van der Waals surface area contributed by atoms with Crippen LogP contribution in [0.4, 0.5) is 5.69 Å². The van der Waals surface area contributed by atoms with E-state index in [0.717, 1.165) is 30.0 Å². The molecule has 0 saturated carbocycles. The Morgan fingerprint density at radius 2 is 1.65 bits per heavy atom. The van der Waals surface area contributed by atoms with Crippen LogP contribution in [0.2, 0.25) is 0 Å². The summed E-state index contributed by atoms with van der Waals surface area (Å²) in [5.41, 5.74) is 3.48. The molecule has 0 atom stereocenters. The van der Waals surface area contributed by atoms with Gasteiger partial charge in [-0.1, -0.05) is 18.2 Å². The third kappa shape index (κ3) is 4.74. The van der Waals surface area contributed by atoms with Gasteiger partial charge in [0.2, 0.25) is 0 Å². The van der Waals surface area contributed by atoms with Crippen molar-refractivity contribution in [1.29, 1.82) is 0 Å². The highest BCUT2D eigenvalue weighted by Gasteiger charge is 2.03. The molecule has 0 fully saturated rings. The van der Waals surface area contributed by atoms with E-state index in [1.807, 2.05) is 38.5 Å². The second-order valence-electron chi connectivity index (χ2n) is 5.46. The van der Waals surface area contributed by atoms with Crippen LogP contribution in [0.1, 0.15) is 11.1 Å². The molecular formula is C19H24N2O2. The highest BCUT2D eigenvalue weighted by Crippen LogP contribution is 2.27. The van der Waals surface area contributed by atoms with E-state index in [0.29, 0.717) is 0 Å². The quantitative estimate of drug-likeness (QED) is 0.735. The lowest BCUT2D eigenvalue weighted by Gasteiger charge is -2.11. The zero-order valence-electron chi connectivity index (χ0n) is 14.2. The summed E-state index contributed by atoms with van der Waals surface area (Å²) in [5.74, 6) is 1.51. The molecule has 0 aromatic heterocycles. The Kier molecular flexibility index (Phi) is 6.03. The first-order valence-corrected chi connectivity index (χ1v) is 7.62. The molecule has 0 spiro atoms. The molecule has 0 heterocycles. The fraction of sp³-hybridized carbons (Fsp3) is 0.316. The van der Waals surface area contributed by atoms with Gasteiger partial charge in [0.15, 0.2) is 11.5 Å². The highest BCUT2D eigenvalue weighted by atomic mass is 16.5. The minimum Gasteiger partial charge on any atom is -0.493 e. The summed E-state index contributed by atoms with van der Waals surface area (Å²) in [4.78, 5) is 6.58. The first-order valence-electron chi connectivity index (χ1n) is 7.62. The summed E-state index contributed by atoms with van der Waals surface area (Å²) in [6.07, 6.45) is 2.78. The lowest BCUT2D eigenvalue weighted by atomic mass is 10.1. The van der Waals surface area contributed by atoms with E-state index in [-0.39, 0.29) is 0 Å². The maximum Gasteiger partial charge on any atom is 0.160 e. The van der Waals surface area contributed by atoms with Crippen LogP contribution >= 0.6 is 0 Å². The molecule has 0 aliphatic carbocycles. The van der Waals surface area contributed by atoms with Crippen molar-refractivity contribution in [3.05, 3.63) is 53.6 Å². The minimum absolute atomic E-state index is 0.741. The van der Waals surface area contributed by atoms with Crippen molar-refractivity contribution in [2.24, 2.45) is 4.99 Å². The molecule has 0 bridgehead atoms. The molecule has 0 N–H and O–H groups in total. The normalized spacial score (nSPS) is 10.8. The number of ether oxygens (including phenoxy) is 2. The summed E-state index contributed by atoms with van der Waals surface area (Å²) >= 11 is 0. The molecular weight excluding hydrogens is 288 g/mol. The van der Waals surface area contributed by atoms with Crippen LogP contribution < -0.4 is 14.4 Å². The summed E-state index contributed by atoms with van der Waals surface area (Å²) in [7, 11) is 7.36. The number of aliphatic imine (C=N–C) groups is 1. The van der Waals surface area contributed by atoms with Crippen molar-refractivity contribution in [1.82, 2.24) is 0 Å². The summed E-state index contributed by atoms with van der Waals surface area (Å²) in [6.45, 7) is 0.741. The smallest absolute Gasteiger partial charge is 0.160 e. The van der Waals surface area contributed by atoms with Crippen molar-refractivity contribution < 1.29 is 9.47 Å². The lowest BCUT2D eigenvalue weighted by molar-refractivity contribution is 0.354. The topological polar surface area (TPSA) is 34.1 Å². The maximum atomic E-state index is 5.32. The summed E-state index contributed by atoms with van der Waals surface area (Å²) < 4.78 is 10.6. The van der Waals surface area contributed by atoms with Gasteiger partial charge in [-0.2, -0.15) is 0 Å². The van der Waals surface area contributed by atoms with Crippen molar-refractivity contribution in [3.63, 3.8) is 0 Å². The van der Waals surface area contributed by atoms with E-state index < -0.39 is 0 Å². The zero-order valence-corrected chi connectivity index (χ0v) is 14.2. The summed E-state index contributed by atoms with van der Waals surface area (Å²) in [6, 6.07) is 14.3. The van der Waals surface area contributed by atoms with Gasteiger partial charge in [0, 0.05) is 32.5 Å². The molecule has 0 unspecified atom stereocenters. The van der Waals surface area contributed by atoms with E-state index in [1.54, 1.807) is 14.2 Å². The first-order chi connectivity index (χ1) is 11.1. The number of methoxy groups -OCH3 is 2. The number of benzene rings is 2. The van der Waals surface area contributed by atoms with E-state index in [2.05, 4.69) is 34.2 Å². The van der Waals surface area contributed by atoms with E-state index >= 15 is 0 Å². The Labute approximate surface area is 138 Å². The molecule has 0 aliphatic heterocycles.